The Morgan fingerprint density at radius 3 is 2.80 bits per heavy atom. The molecule has 0 unspecified atom stereocenters. The van der Waals surface area contributed by atoms with Crippen LogP contribution in [-0.4, -0.2) is 32.8 Å². The summed E-state index contributed by atoms with van der Waals surface area (Å²) in [5, 5.41) is 1.74. The number of benzene rings is 1. The lowest BCUT2D eigenvalue weighted by Crippen LogP contribution is -2.26. The van der Waals surface area contributed by atoms with Crippen LogP contribution in [0.25, 0.3) is 11.0 Å². The summed E-state index contributed by atoms with van der Waals surface area (Å²) in [6.07, 6.45) is 1.70. The van der Waals surface area contributed by atoms with Gasteiger partial charge in [-0.1, -0.05) is 12.1 Å². The molecule has 0 atom stereocenters. The van der Waals surface area contributed by atoms with Crippen molar-refractivity contribution >= 4 is 28.3 Å². The fourth-order valence-electron chi connectivity index (χ4n) is 1.90. The summed E-state index contributed by atoms with van der Waals surface area (Å²) in [6.45, 7) is 0.411. The van der Waals surface area contributed by atoms with Crippen molar-refractivity contribution in [2.45, 2.75) is 6.54 Å². The topological polar surface area (TPSA) is 59.0 Å². The Morgan fingerprint density at radius 1 is 1.25 bits per heavy atom. The van der Waals surface area contributed by atoms with Gasteiger partial charge in [0.05, 0.1) is 35.0 Å². The number of aromatic nitrogens is 3. The quantitative estimate of drug-likeness (QED) is 0.741. The minimum absolute atomic E-state index is 0.110. The van der Waals surface area contributed by atoms with Crippen LogP contribution >= 0.6 is 11.3 Å². The average molecular weight is 284 g/mol. The molecule has 0 bridgehead atoms. The van der Waals surface area contributed by atoms with Crippen molar-refractivity contribution in [3.8, 4) is 0 Å². The third-order valence-electron chi connectivity index (χ3n) is 2.90. The Morgan fingerprint density at radius 2 is 2.05 bits per heavy atom. The minimum atomic E-state index is -0.110. The predicted molar refractivity (Wildman–Crippen MR) is 77.4 cm³/mol. The normalized spacial score (nSPS) is 10.7. The van der Waals surface area contributed by atoms with Gasteiger partial charge in [0, 0.05) is 12.4 Å². The molecule has 20 heavy (non-hydrogen) atoms. The van der Waals surface area contributed by atoms with E-state index in [1.165, 1.54) is 11.3 Å². The van der Waals surface area contributed by atoms with Crippen LogP contribution in [-0.2, 0) is 6.54 Å². The molecule has 3 rings (SSSR count). The van der Waals surface area contributed by atoms with Crippen LogP contribution in [0.5, 0.6) is 0 Å². The van der Waals surface area contributed by atoms with Crippen LogP contribution in [0.15, 0.2) is 41.4 Å². The van der Waals surface area contributed by atoms with E-state index in [1.807, 2.05) is 24.3 Å². The van der Waals surface area contributed by atoms with Gasteiger partial charge in [0.15, 0.2) is 0 Å². The molecule has 6 heteroatoms. The molecule has 100 valence electrons. The van der Waals surface area contributed by atoms with Gasteiger partial charge in [-0.3, -0.25) is 9.78 Å². The number of fused-ring (bicyclic) bond motifs is 1. The second kappa shape index (κ2) is 5.34. The molecule has 5 nitrogen and oxygen atoms in total. The molecule has 0 spiro atoms. The molecule has 1 aromatic carbocycles. The molecular weight excluding hydrogens is 272 g/mol. The molecule has 0 aliphatic rings. The number of carbonyl (C=O) groups excluding carboxylic acids is 1. The molecule has 1 amide bonds. The van der Waals surface area contributed by atoms with Gasteiger partial charge < -0.3 is 4.90 Å². The third kappa shape index (κ3) is 2.50. The lowest BCUT2D eigenvalue weighted by Gasteiger charge is -2.15. The third-order valence-corrected chi connectivity index (χ3v) is 3.48. The van der Waals surface area contributed by atoms with Gasteiger partial charge in [-0.15, -0.1) is 11.3 Å². The van der Waals surface area contributed by atoms with E-state index in [2.05, 4.69) is 15.0 Å². The van der Waals surface area contributed by atoms with Crippen molar-refractivity contribution in [2.75, 3.05) is 7.05 Å². The summed E-state index contributed by atoms with van der Waals surface area (Å²) in [5.41, 5.74) is 4.56. The first-order chi connectivity index (χ1) is 9.74. The van der Waals surface area contributed by atoms with Crippen LogP contribution in [0.4, 0.5) is 0 Å². The van der Waals surface area contributed by atoms with Gasteiger partial charge in [0.1, 0.15) is 5.69 Å². The Bertz CT molecular complexity index is 742. The van der Waals surface area contributed by atoms with E-state index in [1.54, 1.807) is 29.0 Å². The van der Waals surface area contributed by atoms with Crippen LogP contribution in [0, 0.1) is 0 Å². The van der Waals surface area contributed by atoms with Gasteiger partial charge in [0.25, 0.3) is 5.91 Å². The maximum atomic E-state index is 12.1. The first-order valence-corrected chi connectivity index (χ1v) is 7.02. The highest BCUT2D eigenvalue weighted by Gasteiger charge is 2.14. The fraction of sp³-hybridized carbons (Fsp3) is 0.143. The van der Waals surface area contributed by atoms with Crippen LogP contribution < -0.4 is 0 Å². The van der Waals surface area contributed by atoms with Crippen LogP contribution in [0.1, 0.15) is 16.2 Å². The second-order valence-electron chi connectivity index (χ2n) is 4.38. The molecule has 0 aliphatic carbocycles. The predicted octanol–water partition coefficient (Wildman–Crippen LogP) is 2.36. The zero-order valence-electron chi connectivity index (χ0n) is 10.9. The Labute approximate surface area is 119 Å². The Hall–Kier alpha value is -2.34. The molecule has 0 saturated carbocycles. The molecule has 2 aromatic heterocycles. The first kappa shape index (κ1) is 12.7. The molecule has 0 saturated heterocycles. The average Bonchev–Trinajstić information content (AvgIpc) is 3.00. The second-order valence-corrected chi connectivity index (χ2v) is 5.10. The summed E-state index contributed by atoms with van der Waals surface area (Å²) >= 11 is 1.41. The van der Waals surface area contributed by atoms with Gasteiger partial charge in [-0.2, -0.15) is 0 Å². The summed E-state index contributed by atoms with van der Waals surface area (Å²) in [7, 11) is 1.73. The molecule has 0 N–H and O–H groups in total. The van der Waals surface area contributed by atoms with E-state index >= 15 is 0 Å². The minimum Gasteiger partial charge on any atom is -0.334 e. The number of thiazole rings is 1. The number of rotatable bonds is 3. The van der Waals surface area contributed by atoms with E-state index in [4.69, 9.17) is 0 Å². The number of nitrogens with zero attached hydrogens (tertiary/aromatic N) is 4. The van der Waals surface area contributed by atoms with E-state index in [0.717, 1.165) is 16.7 Å². The van der Waals surface area contributed by atoms with Crippen molar-refractivity contribution in [1.29, 1.82) is 0 Å². The van der Waals surface area contributed by atoms with Crippen LogP contribution in [0.2, 0.25) is 0 Å². The zero-order chi connectivity index (χ0) is 13.9. The number of hydrogen-bond donors (Lipinski definition) is 0. The Balaban J connectivity index is 1.80. The maximum absolute atomic E-state index is 12.1. The van der Waals surface area contributed by atoms with Crippen molar-refractivity contribution in [1.82, 2.24) is 19.9 Å². The highest BCUT2D eigenvalue weighted by atomic mass is 32.1. The SMILES string of the molecule is CN(Cc1cnc2ccccc2n1)C(=O)c1cscn1. The summed E-state index contributed by atoms with van der Waals surface area (Å²) in [5.74, 6) is -0.110. The van der Waals surface area contributed by atoms with E-state index < -0.39 is 0 Å². The summed E-state index contributed by atoms with van der Waals surface area (Å²) in [4.78, 5) is 26.6. The molecule has 3 aromatic rings. The first-order valence-electron chi connectivity index (χ1n) is 6.08. The fourth-order valence-corrected chi connectivity index (χ4v) is 2.43. The smallest absolute Gasteiger partial charge is 0.273 e. The molecule has 0 aliphatic heterocycles. The molecule has 0 fully saturated rings. The lowest BCUT2D eigenvalue weighted by atomic mass is 10.3. The number of carbonyl (C=O) groups is 1. The van der Waals surface area contributed by atoms with Gasteiger partial charge in [0.2, 0.25) is 0 Å². The lowest BCUT2D eigenvalue weighted by molar-refractivity contribution is 0.0778. The van der Waals surface area contributed by atoms with Crippen molar-refractivity contribution in [3.63, 3.8) is 0 Å². The summed E-state index contributed by atoms with van der Waals surface area (Å²) < 4.78 is 0. The van der Waals surface area contributed by atoms with Gasteiger partial charge in [-0.05, 0) is 12.1 Å². The molecular formula is C14H12N4OS. The van der Waals surface area contributed by atoms with Crippen LogP contribution in [0.3, 0.4) is 0 Å². The summed E-state index contributed by atoms with van der Waals surface area (Å²) in [6, 6.07) is 7.67. The number of amides is 1. The van der Waals surface area contributed by atoms with Crippen molar-refractivity contribution in [3.05, 3.63) is 52.7 Å². The number of para-hydroxylation sites is 2. The maximum Gasteiger partial charge on any atom is 0.273 e. The standard InChI is InChI=1S/C14H12N4OS/c1-18(14(19)13-8-20-9-16-13)7-10-6-15-11-4-2-3-5-12(11)17-10/h2-6,8-9H,7H2,1H3. The van der Waals surface area contributed by atoms with E-state index in [9.17, 15) is 4.79 Å². The van der Waals surface area contributed by atoms with Gasteiger partial charge >= 0.3 is 0 Å². The molecule has 2 heterocycles. The monoisotopic (exact) mass is 284 g/mol. The van der Waals surface area contributed by atoms with Gasteiger partial charge in [-0.25, -0.2) is 9.97 Å². The van der Waals surface area contributed by atoms with Crippen molar-refractivity contribution in [2.24, 2.45) is 0 Å². The van der Waals surface area contributed by atoms with Crippen molar-refractivity contribution < 1.29 is 4.79 Å². The highest BCUT2D eigenvalue weighted by Crippen LogP contribution is 2.11. The van der Waals surface area contributed by atoms with E-state index in [-0.39, 0.29) is 5.91 Å². The largest absolute Gasteiger partial charge is 0.334 e. The zero-order valence-corrected chi connectivity index (χ0v) is 11.7. The molecule has 0 radical (unpaired) electrons. The van der Waals surface area contributed by atoms with E-state index in [0.29, 0.717) is 12.2 Å². The Kier molecular flexibility index (Phi) is 3.39. The number of hydrogen-bond acceptors (Lipinski definition) is 5. The highest BCUT2D eigenvalue weighted by molar-refractivity contribution is 7.07.